The number of thioether (sulfide) groups is 2. The maximum absolute atomic E-state index is 6.13. The third kappa shape index (κ3) is 3.50. The number of hydrogen-bond donors (Lipinski definition) is 1. The molecule has 0 aromatic heterocycles. The fraction of sp³-hybridized carbons (Fsp3) is 1.00. The monoisotopic (exact) mass is 315 g/mol. The van der Waals surface area contributed by atoms with Gasteiger partial charge in [-0.25, -0.2) is 0 Å². The Morgan fingerprint density at radius 2 is 2.25 bits per heavy atom. The van der Waals surface area contributed by atoms with Crippen LogP contribution in [0.4, 0.5) is 0 Å². The molecule has 0 aromatic rings. The van der Waals surface area contributed by atoms with E-state index in [2.05, 4.69) is 35.8 Å². The molecule has 3 atom stereocenters. The van der Waals surface area contributed by atoms with Crippen LogP contribution in [0.25, 0.3) is 0 Å². The van der Waals surface area contributed by atoms with Gasteiger partial charge in [0, 0.05) is 35.2 Å². The maximum Gasteiger partial charge on any atom is 0.0685 e. The molecule has 1 N–H and O–H groups in total. The molecule has 116 valence electrons. The van der Waals surface area contributed by atoms with Crippen molar-refractivity contribution in [1.29, 1.82) is 0 Å². The van der Waals surface area contributed by atoms with Crippen molar-refractivity contribution in [2.24, 2.45) is 5.92 Å². The summed E-state index contributed by atoms with van der Waals surface area (Å²) in [5.41, 5.74) is 0.293. The summed E-state index contributed by atoms with van der Waals surface area (Å²) in [4.78, 5) is 0. The minimum Gasteiger partial charge on any atom is -0.375 e. The third-order valence-electron chi connectivity index (χ3n) is 5.18. The lowest BCUT2D eigenvalue weighted by Gasteiger charge is -2.50. The van der Waals surface area contributed by atoms with Crippen molar-refractivity contribution in [3.05, 3.63) is 0 Å². The molecule has 0 aromatic carbocycles. The first-order chi connectivity index (χ1) is 9.83. The third-order valence-corrected chi connectivity index (χ3v) is 8.06. The van der Waals surface area contributed by atoms with Crippen molar-refractivity contribution in [3.63, 3.8) is 0 Å². The second kappa shape index (κ2) is 7.26. The van der Waals surface area contributed by atoms with E-state index in [1.807, 2.05) is 0 Å². The van der Waals surface area contributed by atoms with E-state index in [0.29, 0.717) is 11.6 Å². The molecule has 3 fully saturated rings. The molecular weight excluding hydrogens is 286 g/mol. The topological polar surface area (TPSA) is 21.3 Å². The van der Waals surface area contributed by atoms with E-state index in [1.165, 1.54) is 62.3 Å². The zero-order chi connectivity index (χ0) is 13.8. The van der Waals surface area contributed by atoms with Gasteiger partial charge in [0.15, 0.2) is 0 Å². The average Bonchev–Trinajstić information content (AvgIpc) is 2.47. The largest absolute Gasteiger partial charge is 0.375 e. The summed E-state index contributed by atoms with van der Waals surface area (Å²) in [7, 11) is 0. The Labute approximate surface area is 132 Å². The summed E-state index contributed by atoms with van der Waals surface area (Å²) in [6, 6.07) is 0.717. The number of ether oxygens (including phenoxy) is 1. The maximum atomic E-state index is 6.13. The van der Waals surface area contributed by atoms with Gasteiger partial charge in [-0.15, -0.1) is 0 Å². The summed E-state index contributed by atoms with van der Waals surface area (Å²) in [5.74, 6) is 4.87. The first-order valence-electron chi connectivity index (χ1n) is 8.40. The van der Waals surface area contributed by atoms with Gasteiger partial charge in [0.25, 0.3) is 0 Å². The molecule has 2 nitrogen and oxygen atoms in total. The number of hydrogen-bond acceptors (Lipinski definition) is 4. The molecule has 3 aliphatic rings. The van der Waals surface area contributed by atoms with E-state index in [0.717, 1.165) is 17.8 Å². The molecule has 3 unspecified atom stereocenters. The lowest BCUT2D eigenvalue weighted by atomic mass is 9.70. The van der Waals surface area contributed by atoms with Crippen LogP contribution in [-0.4, -0.2) is 47.3 Å². The minimum atomic E-state index is 0.293. The number of rotatable bonds is 5. The fourth-order valence-corrected chi connectivity index (χ4v) is 6.88. The second-order valence-electron chi connectivity index (χ2n) is 6.60. The lowest BCUT2D eigenvalue weighted by Crippen LogP contribution is -2.54. The average molecular weight is 316 g/mol. The first kappa shape index (κ1) is 15.5. The quantitative estimate of drug-likeness (QED) is 0.837. The molecule has 4 heteroatoms. The highest BCUT2D eigenvalue weighted by molar-refractivity contribution is 8.06. The highest BCUT2D eigenvalue weighted by Gasteiger charge is 2.45. The summed E-state index contributed by atoms with van der Waals surface area (Å²) in [6.45, 7) is 4.46. The summed E-state index contributed by atoms with van der Waals surface area (Å²) in [5, 5.41) is 4.73. The van der Waals surface area contributed by atoms with Crippen LogP contribution >= 0.6 is 23.5 Å². The van der Waals surface area contributed by atoms with Crippen LogP contribution in [0.1, 0.15) is 45.4 Å². The van der Waals surface area contributed by atoms with E-state index >= 15 is 0 Å². The van der Waals surface area contributed by atoms with E-state index in [4.69, 9.17) is 4.74 Å². The van der Waals surface area contributed by atoms with Crippen LogP contribution in [0, 0.1) is 5.92 Å². The molecule has 0 radical (unpaired) electrons. The SMILES string of the molecule is CCCNC(C1CCOC2(CCC2)C1)C1CSCCS1. The van der Waals surface area contributed by atoms with E-state index in [-0.39, 0.29) is 0 Å². The van der Waals surface area contributed by atoms with Crippen molar-refractivity contribution >= 4 is 23.5 Å². The predicted octanol–water partition coefficient (Wildman–Crippen LogP) is 3.55. The van der Waals surface area contributed by atoms with Crippen molar-refractivity contribution in [2.45, 2.75) is 62.3 Å². The van der Waals surface area contributed by atoms with Gasteiger partial charge < -0.3 is 10.1 Å². The van der Waals surface area contributed by atoms with Gasteiger partial charge in [-0.1, -0.05) is 6.92 Å². The Hall–Kier alpha value is 0.620. The molecule has 1 aliphatic carbocycles. The Balaban J connectivity index is 1.63. The molecule has 2 aliphatic heterocycles. The summed E-state index contributed by atoms with van der Waals surface area (Å²) >= 11 is 4.37. The Morgan fingerprint density at radius 3 is 2.90 bits per heavy atom. The van der Waals surface area contributed by atoms with Crippen LogP contribution in [0.5, 0.6) is 0 Å². The number of nitrogens with one attached hydrogen (secondary N) is 1. The van der Waals surface area contributed by atoms with E-state index in [1.54, 1.807) is 0 Å². The summed E-state index contributed by atoms with van der Waals surface area (Å²) in [6.07, 6.45) is 7.84. The van der Waals surface area contributed by atoms with Crippen molar-refractivity contribution < 1.29 is 4.74 Å². The Morgan fingerprint density at radius 1 is 1.35 bits per heavy atom. The first-order valence-corrected chi connectivity index (χ1v) is 10.6. The fourth-order valence-electron chi connectivity index (χ4n) is 3.92. The van der Waals surface area contributed by atoms with Gasteiger partial charge in [0.2, 0.25) is 0 Å². The normalized spacial score (nSPS) is 34.6. The van der Waals surface area contributed by atoms with Gasteiger partial charge in [-0.2, -0.15) is 23.5 Å². The lowest BCUT2D eigenvalue weighted by molar-refractivity contribution is -0.147. The molecule has 2 saturated heterocycles. The van der Waals surface area contributed by atoms with Crippen molar-refractivity contribution in [3.8, 4) is 0 Å². The van der Waals surface area contributed by atoms with Crippen molar-refractivity contribution in [2.75, 3.05) is 30.4 Å². The Bertz CT molecular complexity index is 303. The molecule has 2 heterocycles. The standard InChI is InChI=1S/C16H29NOS2/c1-2-7-17-15(14-12-19-9-10-20-14)13-4-8-18-16(11-13)5-3-6-16/h13-15,17H,2-12H2,1H3. The molecule has 0 amide bonds. The van der Waals surface area contributed by atoms with Gasteiger partial charge in [0.05, 0.1) is 5.60 Å². The van der Waals surface area contributed by atoms with Crippen molar-refractivity contribution in [1.82, 2.24) is 5.32 Å². The van der Waals surface area contributed by atoms with Crippen LogP contribution in [0.15, 0.2) is 0 Å². The molecule has 20 heavy (non-hydrogen) atoms. The highest BCUT2D eigenvalue weighted by Crippen LogP contribution is 2.46. The van der Waals surface area contributed by atoms with Gasteiger partial charge >= 0.3 is 0 Å². The van der Waals surface area contributed by atoms with Gasteiger partial charge in [-0.05, 0) is 51.0 Å². The smallest absolute Gasteiger partial charge is 0.0685 e. The van der Waals surface area contributed by atoms with Crippen LogP contribution in [0.3, 0.4) is 0 Å². The van der Waals surface area contributed by atoms with Gasteiger partial charge in [-0.3, -0.25) is 0 Å². The van der Waals surface area contributed by atoms with E-state index < -0.39 is 0 Å². The molecule has 1 saturated carbocycles. The zero-order valence-corrected chi connectivity index (χ0v) is 14.4. The molecule has 1 spiro atoms. The predicted molar refractivity (Wildman–Crippen MR) is 90.9 cm³/mol. The van der Waals surface area contributed by atoms with Crippen LogP contribution < -0.4 is 5.32 Å². The van der Waals surface area contributed by atoms with Crippen LogP contribution in [-0.2, 0) is 4.74 Å². The van der Waals surface area contributed by atoms with Gasteiger partial charge in [0.1, 0.15) is 0 Å². The molecular formula is C16H29NOS2. The minimum absolute atomic E-state index is 0.293. The Kier molecular flexibility index (Phi) is 5.63. The van der Waals surface area contributed by atoms with E-state index in [9.17, 15) is 0 Å². The second-order valence-corrected chi connectivity index (χ2v) is 9.10. The molecule has 3 rings (SSSR count). The highest BCUT2D eigenvalue weighted by atomic mass is 32.2. The van der Waals surface area contributed by atoms with Crippen LogP contribution in [0.2, 0.25) is 0 Å². The summed E-state index contributed by atoms with van der Waals surface area (Å²) < 4.78 is 6.13. The zero-order valence-electron chi connectivity index (χ0n) is 12.7. The molecule has 0 bridgehead atoms.